The van der Waals surface area contributed by atoms with E-state index in [0.717, 1.165) is 12.8 Å². The van der Waals surface area contributed by atoms with Gasteiger partial charge in [0.2, 0.25) is 0 Å². The van der Waals surface area contributed by atoms with E-state index in [1.807, 2.05) is 19.9 Å². The van der Waals surface area contributed by atoms with Crippen LogP contribution in [0, 0.1) is 15.5 Å². The molecule has 2 unspecified atom stereocenters. The molecule has 2 atom stereocenters. The summed E-state index contributed by atoms with van der Waals surface area (Å²) in [4.78, 5) is 18.5. The highest BCUT2D eigenvalue weighted by atomic mass is 32.1. The summed E-state index contributed by atoms with van der Waals surface area (Å²) in [5.74, 6) is 0.264. The van der Waals surface area contributed by atoms with E-state index < -0.39 is 5.41 Å². The van der Waals surface area contributed by atoms with E-state index in [2.05, 4.69) is 24.3 Å². The van der Waals surface area contributed by atoms with Gasteiger partial charge in [0.15, 0.2) is 0 Å². The van der Waals surface area contributed by atoms with Gasteiger partial charge in [0, 0.05) is 6.20 Å². The largest absolute Gasteiger partial charge is 0.339 e. The fourth-order valence-corrected chi connectivity index (χ4v) is 4.27. The highest BCUT2D eigenvalue weighted by Crippen LogP contribution is 2.74. The summed E-state index contributed by atoms with van der Waals surface area (Å²) in [5.41, 5.74) is 2.22. The topological polar surface area (TPSA) is 31.2 Å². The first kappa shape index (κ1) is 14.6. The Morgan fingerprint density at radius 3 is 2.74 bits per heavy atom. The number of nitrogens with zero attached hydrogens (tertiary/aromatic N) is 1. The number of rotatable bonds is 3. The zero-order chi connectivity index (χ0) is 16.2. The smallest absolute Gasteiger partial charge is 0.335 e. The molecule has 4 heteroatoms. The van der Waals surface area contributed by atoms with Gasteiger partial charge >= 0.3 is 5.97 Å². The van der Waals surface area contributed by atoms with E-state index in [-0.39, 0.29) is 11.4 Å². The lowest BCUT2D eigenvalue weighted by atomic mass is 9.73. The fraction of sp³-hybridized carbons (Fsp3) is 0.368. The van der Waals surface area contributed by atoms with E-state index in [4.69, 9.17) is 17.1 Å². The molecule has 0 amide bonds. The highest BCUT2D eigenvalue weighted by molar-refractivity contribution is 7.71. The molecule has 0 radical (unpaired) electrons. The predicted octanol–water partition coefficient (Wildman–Crippen LogP) is 3.93. The molecule has 1 heterocycles. The van der Waals surface area contributed by atoms with Crippen LogP contribution in [0.5, 0.6) is 0 Å². The van der Waals surface area contributed by atoms with Crippen molar-refractivity contribution in [2.24, 2.45) is 10.8 Å². The van der Waals surface area contributed by atoms with E-state index >= 15 is 0 Å². The molecule has 0 spiro atoms. The van der Waals surface area contributed by atoms with Gasteiger partial charge in [0.1, 0.15) is 4.64 Å². The second kappa shape index (κ2) is 4.78. The van der Waals surface area contributed by atoms with Gasteiger partial charge in [-0.15, -0.1) is 0 Å². The molecule has 1 saturated carbocycles. The molecule has 1 fully saturated rings. The van der Waals surface area contributed by atoms with Gasteiger partial charge in [-0.25, -0.2) is 4.79 Å². The van der Waals surface area contributed by atoms with Crippen molar-refractivity contribution >= 4 is 18.2 Å². The molecule has 2 aliphatic rings. The molecule has 0 N–H and O–H groups in total. The van der Waals surface area contributed by atoms with Crippen molar-refractivity contribution in [1.29, 1.82) is 0 Å². The first-order valence-corrected chi connectivity index (χ1v) is 8.35. The number of hydrogen-bond donors (Lipinski definition) is 0. The predicted molar refractivity (Wildman–Crippen MR) is 90.6 cm³/mol. The van der Waals surface area contributed by atoms with Crippen molar-refractivity contribution in [3.63, 3.8) is 0 Å². The highest BCUT2D eigenvalue weighted by Gasteiger charge is 2.69. The zero-order valence-electron chi connectivity index (χ0n) is 13.3. The molecule has 1 aromatic heterocycles. The van der Waals surface area contributed by atoms with Crippen LogP contribution in [0.15, 0.2) is 48.7 Å². The first-order valence-electron chi connectivity index (χ1n) is 7.94. The number of fused-ring (bicyclic) bond motifs is 3. The molecule has 3 nitrogen and oxygen atoms in total. The van der Waals surface area contributed by atoms with E-state index in [1.165, 1.54) is 15.9 Å². The van der Waals surface area contributed by atoms with Gasteiger partial charge in [-0.1, -0.05) is 42.5 Å². The van der Waals surface area contributed by atoms with Crippen LogP contribution < -0.4 is 4.84 Å². The molecular formula is C19H19NO2S. The summed E-state index contributed by atoms with van der Waals surface area (Å²) in [6, 6.07) is 13.9. The van der Waals surface area contributed by atoms with Crippen LogP contribution in [0.25, 0.3) is 0 Å². The number of carbonyl (C=O) groups is 1. The second-order valence-corrected chi connectivity index (χ2v) is 7.58. The molecule has 23 heavy (non-hydrogen) atoms. The summed E-state index contributed by atoms with van der Waals surface area (Å²) in [7, 11) is 0. The van der Waals surface area contributed by atoms with Crippen molar-refractivity contribution in [2.45, 2.75) is 32.6 Å². The van der Waals surface area contributed by atoms with Crippen molar-refractivity contribution in [2.75, 3.05) is 0 Å². The Morgan fingerprint density at radius 2 is 2.00 bits per heavy atom. The first-order chi connectivity index (χ1) is 11.0. The number of pyridine rings is 1. The Balaban J connectivity index is 1.61. The molecular weight excluding hydrogens is 306 g/mol. The van der Waals surface area contributed by atoms with Gasteiger partial charge in [-0.05, 0) is 61.3 Å². The summed E-state index contributed by atoms with van der Waals surface area (Å²) in [6.45, 7) is 4.02. The summed E-state index contributed by atoms with van der Waals surface area (Å²) in [5, 5.41) is 0. The summed E-state index contributed by atoms with van der Waals surface area (Å²) in [6.07, 6.45) is 3.70. The van der Waals surface area contributed by atoms with Crippen LogP contribution >= 0.6 is 12.2 Å². The third-order valence-electron chi connectivity index (χ3n) is 5.74. The van der Waals surface area contributed by atoms with E-state index in [0.29, 0.717) is 10.6 Å². The van der Waals surface area contributed by atoms with Crippen LogP contribution in [0.1, 0.15) is 37.3 Å². The van der Waals surface area contributed by atoms with Gasteiger partial charge in [0.05, 0.1) is 5.41 Å². The van der Waals surface area contributed by atoms with Crippen molar-refractivity contribution in [1.82, 2.24) is 4.73 Å². The zero-order valence-corrected chi connectivity index (χ0v) is 14.1. The fourth-order valence-electron chi connectivity index (χ4n) is 4.09. The van der Waals surface area contributed by atoms with Crippen molar-refractivity contribution < 1.29 is 9.63 Å². The average molecular weight is 325 g/mol. The van der Waals surface area contributed by atoms with Crippen molar-refractivity contribution in [3.8, 4) is 0 Å². The third-order valence-corrected chi connectivity index (χ3v) is 6.05. The molecule has 0 bridgehead atoms. The monoisotopic (exact) mass is 325 g/mol. The third kappa shape index (κ3) is 2.01. The second-order valence-electron chi connectivity index (χ2n) is 7.16. The average Bonchev–Trinajstić information content (AvgIpc) is 3.18. The number of carbonyl (C=O) groups excluding carboxylic acids is 1. The maximum absolute atomic E-state index is 12.9. The minimum absolute atomic E-state index is 0.00920. The van der Waals surface area contributed by atoms with Crippen LogP contribution in [-0.4, -0.2) is 10.7 Å². The normalized spacial score (nSPS) is 24.7. The standard InChI is InChI=1S/C19H19NO2S/c1-18(2,17(21)22-20-10-6-5-9-16(20)23)19-11-13-7-3-4-8-14(13)15(19)12-19/h3-10,15H,11-12H2,1-2H3. The van der Waals surface area contributed by atoms with Gasteiger partial charge in [0.25, 0.3) is 0 Å². The van der Waals surface area contributed by atoms with Crippen LogP contribution in [0.3, 0.4) is 0 Å². The van der Waals surface area contributed by atoms with E-state index in [9.17, 15) is 4.79 Å². The SMILES string of the molecule is CC(C)(C(=O)On1ccccc1=S)C12Cc3ccccc3C1C2. The van der Waals surface area contributed by atoms with E-state index in [1.54, 1.807) is 18.3 Å². The minimum atomic E-state index is -0.554. The van der Waals surface area contributed by atoms with Gasteiger partial charge in [-0.2, -0.15) is 4.73 Å². The molecule has 2 aromatic rings. The lowest BCUT2D eigenvalue weighted by Gasteiger charge is -2.31. The Hall–Kier alpha value is -1.94. The molecule has 4 rings (SSSR count). The summed E-state index contributed by atoms with van der Waals surface area (Å²) >= 11 is 5.21. The Bertz CT molecular complexity index is 854. The van der Waals surface area contributed by atoms with Crippen molar-refractivity contribution in [3.05, 3.63) is 64.4 Å². The Labute approximate surface area is 140 Å². The maximum atomic E-state index is 12.9. The lowest BCUT2D eigenvalue weighted by molar-refractivity contribution is -0.159. The minimum Gasteiger partial charge on any atom is -0.335 e. The maximum Gasteiger partial charge on any atom is 0.339 e. The number of hydrogen-bond acceptors (Lipinski definition) is 3. The Kier molecular flexibility index (Phi) is 3.04. The number of aromatic nitrogens is 1. The van der Waals surface area contributed by atoms with Crippen LogP contribution in [0.4, 0.5) is 0 Å². The Morgan fingerprint density at radius 1 is 1.26 bits per heavy atom. The van der Waals surface area contributed by atoms with Gasteiger partial charge in [-0.3, -0.25) is 0 Å². The van der Waals surface area contributed by atoms with Crippen LogP contribution in [-0.2, 0) is 11.2 Å². The summed E-state index contributed by atoms with van der Waals surface area (Å²) < 4.78 is 1.88. The molecule has 118 valence electrons. The van der Waals surface area contributed by atoms with Gasteiger partial charge < -0.3 is 4.84 Å². The molecule has 1 aromatic carbocycles. The molecule has 2 aliphatic carbocycles. The molecule has 0 aliphatic heterocycles. The number of benzene rings is 1. The quantitative estimate of drug-likeness (QED) is 0.801. The molecule has 0 saturated heterocycles. The lowest BCUT2D eigenvalue weighted by Crippen LogP contribution is -2.41. The van der Waals surface area contributed by atoms with Crippen LogP contribution in [0.2, 0.25) is 0 Å².